The molecule has 2 N–H and O–H groups in total. The molecule has 0 saturated heterocycles. The number of aromatic nitrogens is 1. The molecule has 1 heterocycles. The van der Waals surface area contributed by atoms with E-state index in [4.69, 9.17) is 0 Å². The third-order valence-electron chi connectivity index (χ3n) is 4.27. The molecule has 0 bridgehead atoms. The molecule has 1 aliphatic carbocycles. The number of rotatable bonds is 6. The first kappa shape index (κ1) is 15.8. The number of anilines is 1. The van der Waals surface area contributed by atoms with E-state index in [0.717, 1.165) is 18.1 Å². The van der Waals surface area contributed by atoms with Gasteiger partial charge in [0.15, 0.2) is 0 Å². The van der Waals surface area contributed by atoms with Crippen molar-refractivity contribution in [3.05, 3.63) is 23.4 Å². The number of amides is 1. The van der Waals surface area contributed by atoms with Crippen molar-refractivity contribution in [2.75, 3.05) is 11.9 Å². The lowest BCUT2D eigenvalue weighted by atomic mass is 9.80. The average molecular weight is 289 g/mol. The average Bonchev–Trinajstić information content (AvgIpc) is 2.36. The van der Waals surface area contributed by atoms with Crippen LogP contribution in [0, 0.1) is 5.92 Å². The minimum absolute atomic E-state index is 0.0119. The molecule has 1 fully saturated rings. The van der Waals surface area contributed by atoms with Crippen LogP contribution >= 0.6 is 0 Å². The van der Waals surface area contributed by atoms with Gasteiger partial charge < -0.3 is 10.6 Å². The number of carbonyl (C=O) groups excluding carboxylic acids is 1. The summed E-state index contributed by atoms with van der Waals surface area (Å²) in [7, 11) is 0. The Morgan fingerprint density at radius 1 is 1.33 bits per heavy atom. The number of pyridine rings is 1. The zero-order valence-corrected chi connectivity index (χ0v) is 13.6. The van der Waals surface area contributed by atoms with E-state index in [9.17, 15) is 4.79 Å². The maximum Gasteiger partial charge on any atom is 0.251 e. The van der Waals surface area contributed by atoms with Crippen molar-refractivity contribution in [2.24, 2.45) is 5.92 Å². The van der Waals surface area contributed by atoms with Crippen LogP contribution in [0.15, 0.2) is 12.1 Å². The summed E-state index contributed by atoms with van der Waals surface area (Å²) in [5.41, 5.74) is 1.66. The van der Waals surface area contributed by atoms with Gasteiger partial charge in [-0.3, -0.25) is 4.79 Å². The number of hydrogen-bond donors (Lipinski definition) is 2. The third kappa shape index (κ3) is 3.96. The van der Waals surface area contributed by atoms with Crippen molar-refractivity contribution in [1.29, 1.82) is 0 Å². The summed E-state index contributed by atoms with van der Waals surface area (Å²) in [5, 5.41) is 6.34. The molecule has 0 spiro atoms. The van der Waals surface area contributed by atoms with Gasteiger partial charge in [-0.1, -0.05) is 20.3 Å². The number of carbonyl (C=O) groups is 1. The molecule has 21 heavy (non-hydrogen) atoms. The van der Waals surface area contributed by atoms with Crippen LogP contribution in [0.1, 0.15) is 68.9 Å². The quantitative estimate of drug-likeness (QED) is 0.842. The van der Waals surface area contributed by atoms with Crippen molar-refractivity contribution in [1.82, 2.24) is 10.3 Å². The molecule has 1 amide bonds. The molecule has 2 rings (SSSR count). The van der Waals surface area contributed by atoms with Gasteiger partial charge in [-0.15, -0.1) is 0 Å². The van der Waals surface area contributed by atoms with Crippen molar-refractivity contribution >= 4 is 11.7 Å². The highest BCUT2D eigenvalue weighted by Gasteiger charge is 2.25. The monoisotopic (exact) mass is 289 g/mol. The van der Waals surface area contributed by atoms with Gasteiger partial charge in [-0.25, -0.2) is 4.98 Å². The molecule has 0 aliphatic heterocycles. The SMILES string of the molecule is CCNc1cc(C(=O)NC(C)C2CCC2)cc(C(C)C)n1. The lowest BCUT2D eigenvalue weighted by Gasteiger charge is -2.31. The molecule has 0 aromatic carbocycles. The first-order valence-electron chi connectivity index (χ1n) is 8.08. The van der Waals surface area contributed by atoms with Gasteiger partial charge in [0, 0.05) is 23.8 Å². The summed E-state index contributed by atoms with van der Waals surface area (Å²) < 4.78 is 0. The second-order valence-electron chi connectivity index (χ2n) is 6.30. The minimum atomic E-state index is 0.0119. The molecular weight excluding hydrogens is 262 g/mol. The zero-order chi connectivity index (χ0) is 15.4. The van der Waals surface area contributed by atoms with Gasteiger partial charge in [0.2, 0.25) is 0 Å². The lowest BCUT2D eigenvalue weighted by molar-refractivity contribution is 0.0909. The number of nitrogens with zero attached hydrogens (tertiary/aromatic N) is 1. The minimum Gasteiger partial charge on any atom is -0.370 e. The van der Waals surface area contributed by atoms with Gasteiger partial charge in [-0.05, 0) is 50.7 Å². The fraction of sp³-hybridized carbons (Fsp3) is 0.647. The Morgan fingerprint density at radius 2 is 2.05 bits per heavy atom. The van der Waals surface area contributed by atoms with Crippen molar-refractivity contribution in [3.8, 4) is 0 Å². The summed E-state index contributed by atoms with van der Waals surface area (Å²) in [4.78, 5) is 17.0. The maximum absolute atomic E-state index is 12.5. The predicted octanol–water partition coefficient (Wildman–Crippen LogP) is 3.56. The fourth-order valence-corrected chi connectivity index (χ4v) is 2.60. The Labute approximate surface area is 127 Å². The van der Waals surface area contributed by atoms with Crippen LogP contribution in [0.25, 0.3) is 0 Å². The molecule has 0 radical (unpaired) electrons. The normalized spacial score (nSPS) is 16.4. The van der Waals surface area contributed by atoms with E-state index in [1.807, 2.05) is 19.1 Å². The van der Waals surface area contributed by atoms with Gasteiger partial charge in [0.25, 0.3) is 5.91 Å². The first-order valence-corrected chi connectivity index (χ1v) is 8.08. The molecule has 1 unspecified atom stereocenters. The summed E-state index contributed by atoms with van der Waals surface area (Å²) >= 11 is 0. The van der Waals surface area contributed by atoms with Gasteiger partial charge in [0.1, 0.15) is 5.82 Å². The standard InChI is InChI=1S/C17H27N3O/c1-5-18-16-10-14(9-15(20-16)11(2)3)17(21)19-12(4)13-7-6-8-13/h9-13H,5-8H2,1-4H3,(H,18,20)(H,19,21). The Kier molecular flexibility index (Phi) is 5.21. The smallest absolute Gasteiger partial charge is 0.251 e. The molecule has 4 nitrogen and oxygen atoms in total. The van der Waals surface area contributed by atoms with Crippen LogP contribution in [0.2, 0.25) is 0 Å². The third-order valence-corrected chi connectivity index (χ3v) is 4.27. The topological polar surface area (TPSA) is 54.0 Å². The van der Waals surface area contributed by atoms with Crippen molar-refractivity contribution < 1.29 is 4.79 Å². The molecule has 1 saturated carbocycles. The van der Waals surface area contributed by atoms with E-state index in [1.165, 1.54) is 19.3 Å². The van der Waals surface area contributed by atoms with Crippen LogP contribution in [-0.2, 0) is 0 Å². The summed E-state index contributed by atoms with van der Waals surface area (Å²) in [5.74, 6) is 1.75. The predicted molar refractivity (Wildman–Crippen MR) is 86.8 cm³/mol. The molecule has 1 aromatic rings. The molecule has 116 valence electrons. The van der Waals surface area contributed by atoms with Crippen LogP contribution in [0.3, 0.4) is 0 Å². The molecule has 4 heteroatoms. The van der Waals surface area contributed by atoms with E-state index in [2.05, 4.69) is 36.4 Å². The second kappa shape index (κ2) is 6.92. The van der Waals surface area contributed by atoms with Crippen molar-refractivity contribution in [2.45, 2.75) is 58.9 Å². The van der Waals surface area contributed by atoms with E-state index >= 15 is 0 Å². The van der Waals surface area contributed by atoms with Crippen LogP contribution in [-0.4, -0.2) is 23.5 Å². The van der Waals surface area contributed by atoms with Crippen LogP contribution < -0.4 is 10.6 Å². The number of nitrogens with one attached hydrogen (secondary N) is 2. The van der Waals surface area contributed by atoms with Gasteiger partial charge in [0.05, 0.1) is 0 Å². The molecular formula is C17H27N3O. The maximum atomic E-state index is 12.5. The number of hydrogen-bond acceptors (Lipinski definition) is 3. The van der Waals surface area contributed by atoms with Gasteiger partial charge in [-0.2, -0.15) is 0 Å². The highest BCUT2D eigenvalue weighted by Crippen LogP contribution is 2.29. The first-order chi connectivity index (χ1) is 10.0. The lowest BCUT2D eigenvalue weighted by Crippen LogP contribution is -2.40. The largest absolute Gasteiger partial charge is 0.370 e. The van der Waals surface area contributed by atoms with E-state index < -0.39 is 0 Å². The van der Waals surface area contributed by atoms with Crippen LogP contribution in [0.4, 0.5) is 5.82 Å². The Hall–Kier alpha value is -1.58. The van der Waals surface area contributed by atoms with E-state index in [0.29, 0.717) is 17.4 Å². The highest BCUT2D eigenvalue weighted by molar-refractivity contribution is 5.95. The summed E-state index contributed by atoms with van der Waals surface area (Å²) in [6.07, 6.45) is 3.76. The zero-order valence-electron chi connectivity index (χ0n) is 13.6. The fourth-order valence-electron chi connectivity index (χ4n) is 2.60. The van der Waals surface area contributed by atoms with E-state index in [-0.39, 0.29) is 11.9 Å². The summed E-state index contributed by atoms with van der Waals surface area (Å²) in [6, 6.07) is 4.01. The van der Waals surface area contributed by atoms with Crippen molar-refractivity contribution in [3.63, 3.8) is 0 Å². The van der Waals surface area contributed by atoms with E-state index in [1.54, 1.807) is 0 Å². The summed E-state index contributed by atoms with van der Waals surface area (Å²) in [6.45, 7) is 9.13. The van der Waals surface area contributed by atoms with Gasteiger partial charge >= 0.3 is 0 Å². The Balaban J connectivity index is 2.14. The van der Waals surface area contributed by atoms with Crippen LogP contribution in [0.5, 0.6) is 0 Å². The molecule has 1 aliphatic rings. The second-order valence-corrected chi connectivity index (χ2v) is 6.30. The molecule has 1 aromatic heterocycles. The Morgan fingerprint density at radius 3 is 2.57 bits per heavy atom. The molecule has 1 atom stereocenters. The highest BCUT2D eigenvalue weighted by atomic mass is 16.1. The Bertz CT molecular complexity index is 495.